The van der Waals surface area contributed by atoms with Gasteiger partial charge in [-0.2, -0.15) is 0 Å². The van der Waals surface area contributed by atoms with Crippen molar-refractivity contribution in [1.82, 2.24) is 0 Å². The highest BCUT2D eigenvalue weighted by atomic mass is 16.1. The Hall–Kier alpha value is -1.44. The maximum Gasteiger partial charge on any atom is 0.106 e. The lowest BCUT2D eigenvalue weighted by atomic mass is 10.2. The van der Waals surface area contributed by atoms with Crippen LogP contribution >= 0.6 is 0 Å². The Bertz CT molecular complexity index is 168. The van der Waals surface area contributed by atoms with Gasteiger partial charge >= 0.3 is 0 Å². The van der Waals surface area contributed by atoms with Crippen molar-refractivity contribution >= 4 is 13.6 Å². The molecule has 66 valence electrons. The molecule has 0 bridgehead atoms. The number of hydrogen-bond acceptors (Lipinski definition) is 2. The molecule has 0 fully saturated rings. The number of aryl methyl sites for hydroxylation is 2. The van der Waals surface area contributed by atoms with Crippen LogP contribution in [0.1, 0.15) is 11.1 Å². The summed E-state index contributed by atoms with van der Waals surface area (Å²) in [6.45, 7) is 8.19. The zero-order valence-electron chi connectivity index (χ0n) is 7.54. The van der Waals surface area contributed by atoms with E-state index in [0.717, 1.165) is 0 Å². The minimum absolute atomic E-state index is 1.33. The largest absolute Gasteiger partial charge is 0.307 e. The van der Waals surface area contributed by atoms with Gasteiger partial charge in [0.2, 0.25) is 0 Å². The van der Waals surface area contributed by atoms with Crippen molar-refractivity contribution in [2.24, 2.45) is 0 Å². The lowest BCUT2D eigenvalue weighted by Crippen LogP contribution is -1.70. The molecule has 0 aromatic heterocycles. The van der Waals surface area contributed by atoms with Crippen LogP contribution in [0.25, 0.3) is 0 Å². The zero-order chi connectivity index (χ0) is 9.98. The number of hydrogen-bond donors (Lipinski definition) is 0. The molecule has 0 aliphatic heterocycles. The summed E-state index contributed by atoms with van der Waals surface area (Å²) in [6, 6.07) is 8.48. The molecule has 1 aromatic carbocycles. The monoisotopic (exact) mass is 166 g/mol. The third-order valence-corrected chi connectivity index (χ3v) is 1.22. The molecule has 0 radical (unpaired) electrons. The minimum Gasteiger partial charge on any atom is -0.307 e. The molecule has 0 amide bonds. The molecule has 0 saturated heterocycles. The van der Waals surface area contributed by atoms with Crippen molar-refractivity contribution in [1.29, 1.82) is 0 Å². The van der Waals surface area contributed by atoms with Gasteiger partial charge in [0.25, 0.3) is 0 Å². The van der Waals surface area contributed by atoms with Crippen LogP contribution in [0.2, 0.25) is 0 Å². The number of carbonyl (C=O) groups is 2. The smallest absolute Gasteiger partial charge is 0.106 e. The summed E-state index contributed by atoms with van der Waals surface area (Å²) in [4.78, 5) is 16.0. The van der Waals surface area contributed by atoms with Crippen LogP contribution in [0.15, 0.2) is 24.3 Å². The molecule has 1 aromatic rings. The molecule has 2 nitrogen and oxygen atoms in total. The molecule has 0 unspecified atom stereocenters. The number of carbonyl (C=O) groups excluding carboxylic acids is 2. The lowest BCUT2D eigenvalue weighted by Gasteiger charge is -1.90. The Balaban J connectivity index is 0. The summed E-state index contributed by atoms with van der Waals surface area (Å²) in [7, 11) is 0. The van der Waals surface area contributed by atoms with Crippen LogP contribution < -0.4 is 0 Å². The standard InChI is InChI=1S/C8H10.2CH2O/c1-7-3-5-8(2)6-4-7;2*1-2/h3-6H,1-2H3;2*1H2. The maximum absolute atomic E-state index is 8.00. The normalized spacial score (nSPS) is 6.83. The van der Waals surface area contributed by atoms with Gasteiger partial charge in [-0.15, -0.1) is 0 Å². The predicted octanol–water partition coefficient (Wildman–Crippen LogP) is 1.93. The van der Waals surface area contributed by atoms with E-state index in [1.807, 2.05) is 13.6 Å². The van der Waals surface area contributed by atoms with Crippen LogP contribution in [0.5, 0.6) is 0 Å². The highest BCUT2D eigenvalue weighted by Gasteiger charge is 1.79. The van der Waals surface area contributed by atoms with Gasteiger partial charge in [0.05, 0.1) is 0 Å². The number of rotatable bonds is 0. The quantitative estimate of drug-likeness (QED) is 0.590. The van der Waals surface area contributed by atoms with E-state index in [1.54, 1.807) is 0 Å². The van der Waals surface area contributed by atoms with Crippen molar-refractivity contribution in [3.05, 3.63) is 35.4 Å². The third kappa shape index (κ3) is 6.68. The van der Waals surface area contributed by atoms with E-state index in [9.17, 15) is 0 Å². The van der Waals surface area contributed by atoms with Crippen LogP contribution in [-0.2, 0) is 9.59 Å². The molecular weight excluding hydrogens is 152 g/mol. The Morgan fingerprint density at radius 1 is 0.750 bits per heavy atom. The molecule has 0 aliphatic rings. The molecule has 12 heavy (non-hydrogen) atoms. The summed E-state index contributed by atoms with van der Waals surface area (Å²) in [5, 5.41) is 0. The second-order valence-electron chi connectivity index (χ2n) is 2.15. The van der Waals surface area contributed by atoms with Crippen molar-refractivity contribution in [2.45, 2.75) is 13.8 Å². The summed E-state index contributed by atoms with van der Waals surface area (Å²) in [5.41, 5.74) is 2.66. The van der Waals surface area contributed by atoms with Gasteiger partial charge in [-0.1, -0.05) is 35.4 Å². The average Bonchev–Trinajstić information content (AvgIpc) is 2.17. The second kappa shape index (κ2) is 9.56. The van der Waals surface area contributed by atoms with Gasteiger partial charge in [-0.3, -0.25) is 0 Å². The number of benzene rings is 1. The van der Waals surface area contributed by atoms with Crippen LogP contribution in [-0.4, -0.2) is 13.6 Å². The first-order valence-corrected chi connectivity index (χ1v) is 3.40. The molecule has 0 saturated carbocycles. The highest BCUT2D eigenvalue weighted by Crippen LogP contribution is 1.99. The SMILES string of the molecule is C=O.C=O.Cc1ccc(C)cc1. The van der Waals surface area contributed by atoms with Gasteiger partial charge in [-0.05, 0) is 13.8 Å². The first-order chi connectivity index (χ1) is 5.79. The van der Waals surface area contributed by atoms with Crippen LogP contribution in [0, 0.1) is 13.8 Å². The van der Waals surface area contributed by atoms with Crippen molar-refractivity contribution in [2.75, 3.05) is 0 Å². The third-order valence-electron chi connectivity index (χ3n) is 1.22. The van der Waals surface area contributed by atoms with E-state index >= 15 is 0 Å². The molecule has 1 rings (SSSR count). The molecule has 0 heterocycles. The Kier molecular flexibility index (Phi) is 10.5. The maximum atomic E-state index is 8.00. The van der Waals surface area contributed by atoms with Gasteiger partial charge < -0.3 is 9.59 Å². The van der Waals surface area contributed by atoms with Crippen LogP contribution in [0.3, 0.4) is 0 Å². The van der Waals surface area contributed by atoms with E-state index in [-0.39, 0.29) is 0 Å². The van der Waals surface area contributed by atoms with Crippen molar-refractivity contribution in [3.63, 3.8) is 0 Å². The lowest BCUT2D eigenvalue weighted by molar-refractivity contribution is -0.0987. The van der Waals surface area contributed by atoms with Crippen molar-refractivity contribution < 1.29 is 9.59 Å². The predicted molar refractivity (Wildman–Crippen MR) is 50.2 cm³/mol. The fourth-order valence-electron chi connectivity index (χ4n) is 0.637. The van der Waals surface area contributed by atoms with E-state index in [4.69, 9.17) is 9.59 Å². The molecule has 2 heteroatoms. The van der Waals surface area contributed by atoms with Gasteiger partial charge in [-0.25, -0.2) is 0 Å². The highest BCUT2D eigenvalue weighted by molar-refractivity contribution is 5.19. The topological polar surface area (TPSA) is 34.1 Å². The summed E-state index contributed by atoms with van der Waals surface area (Å²) < 4.78 is 0. The fourth-order valence-corrected chi connectivity index (χ4v) is 0.637. The van der Waals surface area contributed by atoms with Gasteiger partial charge in [0.1, 0.15) is 13.6 Å². The fraction of sp³-hybridized carbons (Fsp3) is 0.200. The van der Waals surface area contributed by atoms with E-state index in [1.165, 1.54) is 11.1 Å². The minimum atomic E-state index is 1.33. The van der Waals surface area contributed by atoms with Gasteiger partial charge in [0, 0.05) is 0 Å². The van der Waals surface area contributed by atoms with Crippen LogP contribution in [0.4, 0.5) is 0 Å². The Labute approximate surface area is 73.2 Å². The second-order valence-corrected chi connectivity index (χ2v) is 2.15. The first-order valence-electron chi connectivity index (χ1n) is 3.40. The summed E-state index contributed by atoms with van der Waals surface area (Å²) in [5.74, 6) is 0. The van der Waals surface area contributed by atoms with E-state index < -0.39 is 0 Å². The van der Waals surface area contributed by atoms with E-state index in [0.29, 0.717) is 0 Å². The summed E-state index contributed by atoms with van der Waals surface area (Å²) in [6.07, 6.45) is 0. The summed E-state index contributed by atoms with van der Waals surface area (Å²) >= 11 is 0. The van der Waals surface area contributed by atoms with Crippen molar-refractivity contribution in [3.8, 4) is 0 Å². The Morgan fingerprint density at radius 3 is 1.08 bits per heavy atom. The molecule has 0 aliphatic carbocycles. The zero-order valence-corrected chi connectivity index (χ0v) is 7.54. The molecule has 0 N–H and O–H groups in total. The van der Waals surface area contributed by atoms with Gasteiger partial charge in [0.15, 0.2) is 0 Å². The molecule has 0 spiro atoms. The Morgan fingerprint density at radius 2 is 0.917 bits per heavy atom. The average molecular weight is 166 g/mol. The first kappa shape index (κ1) is 13.2. The molecule has 0 atom stereocenters. The van der Waals surface area contributed by atoms with E-state index in [2.05, 4.69) is 38.1 Å². The molecular formula is C10H14O2.